The number of esters is 1. The summed E-state index contributed by atoms with van der Waals surface area (Å²) in [6, 6.07) is 6.38. The molecule has 0 fully saturated rings. The summed E-state index contributed by atoms with van der Waals surface area (Å²) in [7, 11) is 0. The number of hydrogen-bond acceptors (Lipinski definition) is 5. The lowest BCUT2D eigenvalue weighted by molar-refractivity contribution is 0.0527. The van der Waals surface area contributed by atoms with Gasteiger partial charge in [0.1, 0.15) is 16.5 Å². The largest absolute Gasteiger partial charge is 0.462 e. The van der Waals surface area contributed by atoms with Gasteiger partial charge in [-0.3, -0.25) is 0 Å². The van der Waals surface area contributed by atoms with Gasteiger partial charge in [-0.25, -0.2) is 9.78 Å². The summed E-state index contributed by atoms with van der Waals surface area (Å²) < 4.78 is 10.4. The van der Waals surface area contributed by atoms with Crippen molar-refractivity contribution >= 4 is 34.9 Å². The Balaban J connectivity index is 2.35. The molecular formula is C14H12Cl2N2O3. The van der Waals surface area contributed by atoms with Crippen LogP contribution in [0.4, 0.5) is 5.69 Å². The Kier molecular flexibility index (Phi) is 4.88. The van der Waals surface area contributed by atoms with E-state index in [4.69, 9.17) is 38.4 Å². The van der Waals surface area contributed by atoms with E-state index in [-0.39, 0.29) is 28.8 Å². The van der Waals surface area contributed by atoms with Gasteiger partial charge >= 0.3 is 5.97 Å². The first kappa shape index (κ1) is 15.4. The van der Waals surface area contributed by atoms with Crippen molar-refractivity contribution in [3.05, 3.63) is 46.1 Å². The molecule has 0 aliphatic rings. The number of halogens is 2. The van der Waals surface area contributed by atoms with E-state index >= 15 is 0 Å². The second-order valence-electron chi connectivity index (χ2n) is 3.95. The average molecular weight is 327 g/mol. The molecule has 0 unspecified atom stereocenters. The van der Waals surface area contributed by atoms with Crippen LogP contribution in [-0.2, 0) is 4.74 Å². The summed E-state index contributed by atoms with van der Waals surface area (Å²) in [6.07, 6.45) is 1.40. The lowest BCUT2D eigenvalue weighted by atomic mass is 10.2. The Morgan fingerprint density at radius 3 is 2.81 bits per heavy atom. The van der Waals surface area contributed by atoms with Crippen molar-refractivity contribution in [1.82, 2.24) is 4.98 Å². The summed E-state index contributed by atoms with van der Waals surface area (Å²) in [5.74, 6) is -0.187. The van der Waals surface area contributed by atoms with Crippen LogP contribution in [0.2, 0.25) is 10.0 Å². The number of hydrogen-bond donors (Lipinski definition) is 1. The molecule has 0 radical (unpaired) electrons. The van der Waals surface area contributed by atoms with Gasteiger partial charge in [0.25, 0.3) is 0 Å². The standard InChI is InChI=1S/C14H12Cl2N2O3/c1-2-20-14(19)8-6-7-18-13(12(8)17)21-10-5-3-4-9(15)11(10)16/h3-7H,2,17H2,1H3. The molecule has 0 bridgehead atoms. The molecule has 0 atom stereocenters. The fourth-order valence-corrected chi connectivity index (χ4v) is 1.92. The van der Waals surface area contributed by atoms with Crippen LogP contribution in [0.25, 0.3) is 0 Å². The lowest BCUT2D eigenvalue weighted by Gasteiger charge is -2.11. The van der Waals surface area contributed by atoms with Gasteiger partial charge in [-0.2, -0.15) is 0 Å². The van der Waals surface area contributed by atoms with Crippen LogP contribution in [0.3, 0.4) is 0 Å². The van der Waals surface area contributed by atoms with Gasteiger partial charge in [0.2, 0.25) is 5.88 Å². The van der Waals surface area contributed by atoms with Crippen LogP contribution in [0, 0.1) is 0 Å². The topological polar surface area (TPSA) is 74.4 Å². The van der Waals surface area contributed by atoms with E-state index < -0.39 is 5.97 Å². The summed E-state index contributed by atoms with van der Waals surface area (Å²) in [5, 5.41) is 0.580. The van der Waals surface area contributed by atoms with Crippen molar-refractivity contribution in [3.8, 4) is 11.6 Å². The third kappa shape index (κ3) is 3.37. The number of nitrogens with two attached hydrogens (primary N) is 1. The van der Waals surface area contributed by atoms with Gasteiger partial charge < -0.3 is 15.2 Å². The Hall–Kier alpha value is -1.98. The summed E-state index contributed by atoms with van der Waals surface area (Å²) in [6.45, 7) is 1.95. The minimum Gasteiger partial charge on any atom is -0.462 e. The first-order valence-electron chi connectivity index (χ1n) is 6.08. The van der Waals surface area contributed by atoms with Crippen molar-refractivity contribution in [3.63, 3.8) is 0 Å². The van der Waals surface area contributed by atoms with Crippen molar-refractivity contribution in [1.29, 1.82) is 0 Å². The van der Waals surface area contributed by atoms with Crippen molar-refractivity contribution in [2.24, 2.45) is 0 Å². The molecule has 7 heteroatoms. The van der Waals surface area contributed by atoms with E-state index in [1.54, 1.807) is 25.1 Å². The highest BCUT2D eigenvalue weighted by molar-refractivity contribution is 6.42. The van der Waals surface area contributed by atoms with Gasteiger partial charge in [0.15, 0.2) is 0 Å². The molecule has 0 saturated heterocycles. The molecule has 2 rings (SSSR count). The predicted octanol–water partition coefficient (Wildman–Crippen LogP) is 3.94. The normalized spacial score (nSPS) is 10.2. The predicted molar refractivity (Wildman–Crippen MR) is 81.1 cm³/mol. The average Bonchev–Trinajstić information content (AvgIpc) is 2.46. The van der Waals surface area contributed by atoms with Gasteiger partial charge in [0, 0.05) is 6.20 Å². The number of anilines is 1. The molecule has 1 aromatic heterocycles. The number of carbonyl (C=O) groups excluding carboxylic acids is 1. The van der Waals surface area contributed by atoms with Crippen LogP contribution in [0.1, 0.15) is 17.3 Å². The first-order valence-corrected chi connectivity index (χ1v) is 6.83. The van der Waals surface area contributed by atoms with Crippen molar-refractivity contribution in [2.75, 3.05) is 12.3 Å². The number of aromatic nitrogens is 1. The molecule has 0 aliphatic heterocycles. The fourth-order valence-electron chi connectivity index (χ4n) is 1.59. The molecule has 2 N–H and O–H groups in total. The number of nitrogens with zero attached hydrogens (tertiary/aromatic N) is 1. The zero-order chi connectivity index (χ0) is 15.4. The van der Waals surface area contributed by atoms with Crippen molar-refractivity contribution in [2.45, 2.75) is 6.92 Å². The molecule has 0 aliphatic carbocycles. The van der Waals surface area contributed by atoms with Gasteiger partial charge in [-0.15, -0.1) is 0 Å². The van der Waals surface area contributed by atoms with Gasteiger partial charge in [0.05, 0.1) is 17.2 Å². The molecule has 21 heavy (non-hydrogen) atoms. The fraction of sp³-hybridized carbons (Fsp3) is 0.143. The molecule has 0 saturated carbocycles. The zero-order valence-corrected chi connectivity index (χ0v) is 12.6. The highest BCUT2D eigenvalue weighted by atomic mass is 35.5. The van der Waals surface area contributed by atoms with Crippen LogP contribution in [-0.4, -0.2) is 17.6 Å². The monoisotopic (exact) mass is 326 g/mol. The van der Waals surface area contributed by atoms with E-state index in [1.165, 1.54) is 12.3 Å². The smallest absolute Gasteiger partial charge is 0.340 e. The minimum absolute atomic E-state index is 0.0599. The Bertz CT molecular complexity index is 677. The second kappa shape index (κ2) is 6.65. The maximum absolute atomic E-state index is 11.8. The van der Waals surface area contributed by atoms with Crippen LogP contribution >= 0.6 is 23.2 Å². The van der Waals surface area contributed by atoms with E-state index in [1.807, 2.05) is 0 Å². The molecule has 1 aromatic carbocycles. The number of rotatable bonds is 4. The van der Waals surface area contributed by atoms with E-state index in [0.29, 0.717) is 10.8 Å². The summed E-state index contributed by atoms with van der Waals surface area (Å²) in [5.41, 5.74) is 6.14. The highest BCUT2D eigenvalue weighted by Crippen LogP contribution is 2.36. The molecular weight excluding hydrogens is 315 g/mol. The Labute approximate surface area is 131 Å². The molecule has 0 amide bonds. The number of nitrogen functional groups attached to an aromatic ring is 1. The number of benzene rings is 1. The lowest BCUT2D eigenvalue weighted by Crippen LogP contribution is -2.09. The number of carbonyl (C=O) groups is 1. The minimum atomic E-state index is -0.542. The van der Waals surface area contributed by atoms with Gasteiger partial charge in [-0.05, 0) is 25.1 Å². The van der Waals surface area contributed by atoms with Crippen LogP contribution < -0.4 is 10.5 Å². The Morgan fingerprint density at radius 2 is 2.10 bits per heavy atom. The number of ether oxygens (including phenoxy) is 2. The maximum Gasteiger partial charge on any atom is 0.340 e. The molecule has 110 valence electrons. The third-order valence-corrected chi connectivity index (χ3v) is 3.37. The van der Waals surface area contributed by atoms with Crippen LogP contribution in [0.15, 0.2) is 30.5 Å². The Morgan fingerprint density at radius 1 is 1.33 bits per heavy atom. The van der Waals surface area contributed by atoms with Crippen LogP contribution in [0.5, 0.6) is 11.6 Å². The second-order valence-corrected chi connectivity index (χ2v) is 4.74. The van der Waals surface area contributed by atoms with Gasteiger partial charge in [-0.1, -0.05) is 29.3 Å². The zero-order valence-electron chi connectivity index (χ0n) is 11.1. The quantitative estimate of drug-likeness (QED) is 0.861. The molecule has 0 spiro atoms. The highest BCUT2D eigenvalue weighted by Gasteiger charge is 2.17. The summed E-state index contributed by atoms with van der Waals surface area (Å²) in [4.78, 5) is 15.7. The first-order chi connectivity index (χ1) is 10.0. The van der Waals surface area contributed by atoms with E-state index in [0.717, 1.165) is 0 Å². The summed E-state index contributed by atoms with van der Waals surface area (Å²) >= 11 is 11.9. The number of pyridine rings is 1. The van der Waals surface area contributed by atoms with Crippen molar-refractivity contribution < 1.29 is 14.3 Å². The molecule has 1 heterocycles. The molecule has 5 nitrogen and oxygen atoms in total. The van der Waals surface area contributed by atoms with E-state index in [2.05, 4.69) is 4.98 Å². The maximum atomic E-state index is 11.8. The van der Waals surface area contributed by atoms with E-state index in [9.17, 15) is 4.79 Å². The molecule has 2 aromatic rings. The SMILES string of the molecule is CCOC(=O)c1ccnc(Oc2cccc(Cl)c2Cl)c1N. The third-order valence-electron chi connectivity index (χ3n) is 2.57.